The van der Waals surface area contributed by atoms with Crippen molar-refractivity contribution in [2.75, 3.05) is 26.0 Å². The lowest BCUT2D eigenvalue weighted by Crippen LogP contribution is -2.41. The summed E-state index contributed by atoms with van der Waals surface area (Å²) < 4.78 is 35.6. The largest absolute Gasteiger partial charge is 0.418 e. The molecule has 1 fully saturated rings. The Bertz CT molecular complexity index is 603. The van der Waals surface area contributed by atoms with Crippen LogP contribution in [0.3, 0.4) is 0 Å². The summed E-state index contributed by atoms with van der Waals surface area (Å²) in [7, 11) is -3.24. The van der Waals surface area contributed by atoms with Gasteiger partial charge in [-0.1, -0.05) is 19.4 Å². The molecule has 0 bridgehead atoms. The van der Waals surface area contributed by atoms with Gasteiger partial charge < -0.3 is 9.15 Å². The maximum Gasteiger partial charge on any atom is 0.246 e. The Hall–Kier alpha value is -1.25. The van der Waals surface area contributed by atoms with Crippen LogP contribution in [0.25, 0.3) is 6.08 Å². The van der Waals surface area contributed by atoms with Gasteiger partial charge >= 0.3 is 0 Å². The van der Waals surface area contributed by atoms with Gasteiger partial charge in [0.1, 0.15) is 6.10 Å². The molecule has 21 heavy (non-hydrogen) atoms. The van der Waals surface area contributed by atoms with Gasteiger partial charge in [0.25, 0.3) is 0 Å². The Morgan fingerprint density at radius 1 is 1.38 bits per heavy atom. The van der Waals surface area contributed by atoms with E-state index in [-0.39, 0.29) is 6.54 Å². The molecule has 0 unspecified atom stereocenters. The highest BCUT2D eigenvalue weighted by Gasteiger charge is 2.30. The second kappa shape index (κ2) is 6.67. The van der Waals surface area contributed by atoms with E-state index in [4.69, 9.17) is 9.15 Å². The molecule has 1 atom stereocenters. The molecule has 1 aromatic rings. The Morgan fingerprint density at radius 2 is 2.10 bits per heavy atom. The fourth-order valence-electron chi connectivity index (χ4n) is 2.14. The number of aromatic nitrogens is 2. The number of morpholine rings is 1. The third-order valence-corrected chi connectivity index (χ3v) is 4.74. The SMILES string of the molecule is CCC(=Cc1nnc([C@@H]2CN(S(C)(=O)=O)CCO2)o1)CC. The zero-order valence-electron chi connectivity index (χ0n) is 12.6. The number of allylic oxidation sites excluding steroid dienone is 1. The van der Waals surface area contributed by atoms with Crippen LogP contribution in [0.2, 0.25) is 0 Å². The average molecular weight is 315 g/mol. The summed E-state index contributed by atoms with van der Waals surface area (Å²) >= 11 is 0. The van der Waals surface area contributed by atoms with Crippen LogP contribution in [-0.4, -0.2) is 48.9 Å². The van der Waals surface area contributed by atoms with Crippen molar-refractivity contribution in [2.45, 2.75) is 32.8 Å². The maximum atomic E-state index is 11.6. The maximum absolute atomic E-state index is 11.6. The van der Waals surface area contributed by atoms with Crippen molar-refractivity contribution in [1.82, 2.24) is 14.5 Å². The van der Waals surface area contributed by atoms with E-state index in [1.165, 1.54) is 16.1 Å². The van der Waals surface area contributed by atoms with E-state index in [0.29, 0.717) is 24.9 Å². The smallest absolute Gasteiger partial charge is 0.246 e. The highest BCUT2D eigenvalue weighted by molar-refractivity contribution is 7.88. The van der Waals surface area contributed by atoms with Crippen LogP contribution in [-0.2, 0) is 14.8 Å². The van der Waals surface area contributed by atoms with Gasteiger partial charge in [0.15, 0.2) is 0 Å². The summed E-state index contributed by atoms with van der Waals surface area (Å²) in [6, 6.07) is 0. The Balaban J connectivity index is 2.12. The van der Waals surface area contributed by atoms with Crippen LogP contribution in [0.5, 0.6) is 0 Å². The van der Waals surface area contributed by atoms with Crippen molar-refractivity contribution in [2.24, 2.45) is 0 Å². The molecule has 8 heteroatoms. The van der Waals surface area contributed by atoms with Crippen molar-refractivity contribution in [3.05, 3.63) is 17.4 Å². The van der Waals surface area contributed by atoms with Crippen molar-refractivity contribution >= 4 is 16.1 Å². The molecule has 0 amide bonds. The first kappa shape index (κ1) is 16.1. The summed E-state index contributed by atoms with van der Waals surface area (Å²) in [5.41, 5.74) is 1.22. The molecular formula is C13H21N3O4S. The first-order valence-electron chi connectivity index (χ1n) is 7.03. The van der Waals surface area contributed by atoms with Crippen molar-refractivity contribution in [3.63, 3.8) is 0 Å². The second-order valence-electron chi connectivity index (χ2n) is 4.97. The van der Waals surface area contributed by atoms with E-state index < -0.39 is 16.1 Å². The molecule has 1 aliphatic rings. The minimum Gasteiger partial charge on any atom is -0.418 e. The molecule has 1 aromatic heterocycles. The van der Waals surface area contributed by atoms with E-state index in [0.717, 1.165) is 12.8 Å². The van der Waals surface area contributed by atoms with Gasteiger partial charge in [0, 0.05) is 19.2 Å². The lowest BCUT2D eigenvalue weighted by molar-refractivity contribution is -0.0172. The number of hydrogen-bond donors (Lipinski definition) is 0. The summed E-state index contributed by atoms with van der Waals surface area (Å²) in [6.07, 6.45) is 4.40. The molecule has 1 saturated heterocycles. The van der Waals surface area contributed by atoms with Gasteiger partial charge in [-0.05, 0) is 12.8 Å². The quantitative estimate of drug-likeness (QED) is 0.820. The predicted octanol–water partition coefficient (Wildman–Crippen LogP) is 1.61. The minimum atomic E-state index is -3.24. The van der Waals surface area contributed by atoms with Crippen molar-refractivity contribution in [3.8, 4) is 0 Å². The lowest BCUT2D eigenvalue weighted by atomic mass is 10.1. The Morgan fingerprint density at radius 3 is 2.71 bits per heavy atom. The zero-order chi connectivity index (χ0) is 15.5. The van der Waals surface area contributed by atoms with Crippen LogP contribution in [0, 0.1) is 0 Å². The molecule has 0 aliphatic carbocycles. The van der Waals surface area contributed by atoms with E-state index >= 15 is 0 Å². The van der Waals surface area contributed by atoms with Gasteiger partial charge in [-0.15, -0.1) is 10.2 Å². The van der Waals surface area contributed by atoms with Gasteiger partial charge in [0.05, 0.1) is 12.9 Å². The molecule has 0 spiro atoms. The highest BCUT2D eigenvalue weighted by Crippen LogP contribution is 2.23. The molecular weight excluding hydrogens is 294 g/mol. The monoisotopic (exact) mass is 315 g/mol. The first-order valence-corrected chi connectivity index (χ1v) is 8.88. The first-order chi connectivity index (χ1) is 9.94. The Labute approximate surface area is 125 Å². The van der Waals surface area contributed by atoms with E-state index in [1.54, 1.807) is 0 Å². The van der Waals surface area contributed by atoms with Gasteiger partial charge in [-0.25, -0.2) is 8.42 Å². The minimum absolute atomic E-state index is 0.207. The van der Waals surface area contributed by atoms with Crippen LogP contribution in [0.1, 0.15) is 44.6 Å². The topological polar surface area (TPSA) is 85.5 Å². The molecule has 2 heterocycles. The van der Waals surface area contributed by atoms with Gasteiger partial charge in [0.2, 0.25) is 21.8 Å². The summed E-state index contributed by atoms with van der Waals surface area (Å²) in [5, 5.41) is 7.94. The molecule has 0 saturated carbocycles. The molecule has 0 aromatic carbocycles. The third-order valence-electron chi connectivity index (χ3n) is 3.47. The second-order valence-corrected chi connectivity index (χ2v) is 6.95. The Kier molecular flexibility index (Phi) is 5.13. The van der Waals surface area contributed by atoms with E-state index in [2.05, 4.69) is 24.0 Å². The molecule has 0 radical (unpaired) electrons. The van der Waals surface area contributed by atoms with Gasteiger partial charge in [-0.2, -0.15) is 4.31 Å². The lowest BCUT2D eigenvalue weighted by Gasteiger charge is -2.29. The van der Waals surface area contributed by atoms with Crippen LogP contribution in [0.15, 0.2) is 9.99 Å². The molecule has 7 nitrogen and oxygen atoms in total. The number of nitrogens with zero attached hydrogens (tertiary/aromatic N) is 3. The van der Waals surface area contributed by atoms with Crippen LogP contribution < -0.4 is 0 Å². The van der Waals surface area contributed by atoms with Crippen molar-refractivity contribution < 1.29 is 17.6 Å². The zero-order valence-corrected chi connectivity index (χ0v) is 13.4. The fourth-order valence-corrected chi connectivity index (χ4v) is 2.95. The summed E-state index contributed by atoms with van der Waals surface area (Å²) in [6.45, 7) is 5.02. The number of ether oxygens (including phenoxy) is 1. The van der Waals surface area contributed by atoms with Crippen molar-refractivity contribution in [1.29, 1.82) is 0 Å². The molecule has 1 aliphatic heterocycles. The standard InChI is InChI=1S/C13H21N3O4S/c1-4-10(5-2)8-12-14-15-13(20-12)11-9-16(6-7-19-11)21(3,17)18/h8,11H,4-7,9H2,1-3H3/t11-/m0/s1. The van der Waals surface area contributed by atoms with Crippen LogP contribution in [0.4, 0.5) is 0 Å². The summed E-state index contributed by atoms with van der Waals surface area (Å²) in [5.74, 6) is 0.755. The predicted molar refractivity (Wildman–Crippen MR) is 78.0 cm³/mol. The molecule has 2 rings (SSSR count). The van der Waals surface area contributed by atoms with Crippen LogP contribution >= 0.6 is 0 Å². The number of rotatable bonds is 5. The average Bonchev–Trinajstić information content (AvgIpc) is 2.92. The highest BCUT2D eigenvalue weighted by atomic mass is 32.2. The normalized spacial score (nSPS) is 20.4. The number of hydrogen-bond acceptors (Lipinski definition) is 6. The number of sulfonamides is 1. The van der Waals surface area contributed by atoms with Gasteiger partial charge in [-0.3, -0.25) is 0 Å². The molecule has 0 N–H and O–H groups in total. The fraction of sp³-hybridized carbons (Fsp3) is 0.692. The van der Waals surface area contributed by atoms with E-state index in [9.17, 15) is 8.42 Å². The van der Waals surface area contributed by atoms with E-state index in [1.807, 2.05) is 6.08 Å². The summed E-state index contributed by atoms with van der Waals surface area (Å²) in [4.78, 5) is 0. The molecule has 118 valence electrons. The third kappa shape index (κ3) is 4.12.